The molecule has 0 unspecified atom stereocenters. The van der Waals surface area contributed by atoms with Crippen molar-refractivity contribution in [2.24, 2.45) is 4.99 Å². The lowest BCUT2D eigenvalue weighted by molar-refractivity contribution is 0.102. The van der Waals surface area contributed by atoms with Crippen molar-refractivity contribution in [3.8, 4) is 11.5 Å². The zero-order valence-electron chi connectivity index (χ0n) is 17.0. The van der Waals surface area contributed by atoms with E-state index in [1.54, 1.807) is 30.3 Å². The normalized spacial score (nSPS) is 11.1. The van der Waals surface area contributed by atoms with Crippen molar-refractivity contribution < 1.29 is 14.6 Å². The van der Waals surface area contributed by atoms with Crippen molar-refractivity contribution in [3.05, 3.63) is 92.9 Å². The van der Waals surface area contributed by atoms with Crippen LogP contribution < -0.4 is 10.1 Å². The van der Waals surface area contributed by atoms with Gasteiger partial charge in [0.15, 0.2) is 11.5 Å². The smallest absolute Gasteiger partial charge is 0.255 e. The highest BCUT2D eigenvalue weighted by molar-refractivity contribution is 9.13. The minimum atomic E-state index is -0.230. The van der Waals surface area contributed by atoms with E-state index >= 15 is 0 Å². The zero-order valence-corrected chi connectivity index (χ0v) is 20.1. The molecule has 0 aromatic heterocycles. The summed E-state index contributed by atoms with van der Waals surface area (Å²) < 4.78 is 6.56. The van der Waals surface area contributed by atoms with E-state index in [9.17, 15) is 9.90 Å². The predicted molar refractivity (Wildman–Crippen MR) is 136 cm³/mol. The number of hydrogen-bond donors (Lipinski definition) is 2. The minimum absolute atomic E-state index is 0.0313. The Kier molecular flexibility index (Phi) is 6.58. The molecule has 0 heterocycles. The van der Waals surface area contributed by atoms with Gasteiger partial charge in [0.2, 0.25) is 0 Å². The number of amides is 1. The second kappa shape index (κ2) is 9.54. The number of ether oxygens (including phenoxy) is 1. The summed E-state index contributed by atoms with van der Waals surface area (Å²) in [6.45, 7) is 0. The molecule has 160 valence electrons. The summed E-state index contributed by atoms with van der Waals surface area (Å²) in [4.78, 5) is 17.3. The van der Waals surface area contributed by atoms with Crippen LogP contribution in [0.2, 0.25) is 0 Å². The van der Waals surface area contributed by atoms with E-state index in [0.29, 0.717) is 27.0 Å². The molecule has 4 rings (SSSR count). The number of aliphatic imine (C=N–C) groups is 1. The summed E-state index contributed by atoms with van der Waals surface area (Å²) in [7, 11) is 1.48. The van der Waals surface area contributed by atoms with Crippen molar-refractivity contribution in [2.45, 2.75) is 0 Å². The number of phenolic OH excluding ortho intramolecular Hbond substituents is 1. The van der Waals surface area contributed by atoms with Crippen LogP contribution in [0.15, 0.2) is 86.7 Å². The van der Waals surface area contributed by atoms with Gasteiger partial charge in [-0.3, -0.25) is 9.79 Å². The Morgan fingerprint density at radius 1 is 1.03 bits per heavy atom. The van der Waals surface area contributed by atoms with Crippen molar-refractivity contribution in [1.29, 1.82) is 0 Å². The van der Waals surface area contributed by atoms with Crippen LogP contribution >= 0.6 is 31.9 Å². The molecular weight excluding hydrogens is 536 g/mol. The first kappa shape index (κ1) is 22.0. The number of benzene rings is 4. The SMILES string of the molecule is COc1cc(Br)c(Br)c(C=Nc2cccc(C(=O)Nc3cccc4ccccc34)c2)c1O. The summed E-state index contributed by atoms with van der Waals surface area (Å²) in [5.74, 6) is 0.0625. The highest BCUT2D eigenvalue weighted by atomic mass is 79.9. The molecule has 0 bridgehead atoms. The third kappa shape index (κ3) is 4.54. The fourth-order valence-electron chi connectivity index (χ4n) is 3.28. The second-order valence-electron chi connectivity index (χ2n) is 6.93. The van der Waals surface area contributed by atoms with Crippen molar-refractivity contribution >= 4 is 66.1 Å². The number of nitrogens with zero attached hydrogens (tertiary/aromatic N) is 1. The number of hydrogen-bond acceptors (Lipinski definition) is 4. The van der Waals surface area contributed by atoms with Crippen LogP contribution in [0.1, 0.15) is 15.9 Å². The molecule has 2 N–H and O–H groups in total. The van der Waals surface area contributed by atoms with Gasteiger partial charge >= 0.3 is 0 Å². The number of rotatable bonds is 5. The molecule has 0 spiro atoms. The average Bonchev–Trinajstić information content (AvgIpc) is 2.82. The fraction of sp³-hybridized carbons (Fsp3) is 0.0400. The number of nitrogens with one attached hydrogen (secondary N) is 1. The lowest BCUT2D eigenvalue weighted by atomic mass is 10.1. The van der Waals surface area contributed by atoms with Crippen molar-refractivity contribution in [2.75, 3.05) is 12.4 Å². The summed E-state index contributed by atoms with van der Waals surface area (Å²) in [6, 6.07) is 22.3. The van der Waals surface area contributed by atoms with Crippen molar-refractivity contribution in [3.63, 3.8) is 0 Å². The first-order valence-electron chi connectivity index (χ1n) is 9.66. The number of anilines is 1. The molecule has 1 amide bonds. The Balaban J connectivity index is 1.60. The quantitative estimate of drug-likeness (QED) is 0.259. The van der Waals surface area contributed by atoms with E-state index in [0.717, 1.165) is 20.9 Å². The molecule has 5 nitrogen and oxygen atoms in total. The van der Waals surface area contributed by atoms with Gasteiger partial charge in [-0.05, 0) is 67.6 Å². The van der Waals surface area contributed by atoms with E-state index in [4.69, 9.17) is 4.74 Å². The lowest BCUT2D eigenvalue weighted by Gasteiger charge is -2.10. The maximum absolute atomic E-state index is 12.9. The summed E-state index contributed by atoms with van der Waals surface area (Å²) in [6.07, 6.45) is 1.52. The molecule has 4 aromatic rings. The highest BCUT2D eigenvalue weighted by Gasteiger charge is 2.14. The van der Waals surface area contributed by atoms with Gasteiger partial charge < -0.3 is 15.2 Å². The molecule has 0 radical (unpaired) electrons. The second-order valence-corrected chi connectivity index (χ2v) is 8.57. The summed E-state index contributed by atoms with van der Waals surface area (Å²) in [5.41, 5.74) is 2.25. The van der Waals surface area contributed by atoms with Gasteiger partial charge in [-0.25, -0.2) is 0 Å². The van der Waals surface area contributed by atoms with Crippen LogP contribution in [-0.4, -0.2) is 24.3 Å². The van der Waals surface area contributed by atoms with Gasteiger partial charge in [0, 0.05) is 31.8 Å². The van der Waals surface area contributed by atoms with Gasteiger partial charge in [-0.2, -0.15) is 0 Å². The fourth-order valence-corrected chi connectivity index (χ4v) is 4.11. The Morgan fingerprint density at radius 2 is 1.78 bits per heavy atom. The lowest BCUT2D eigenvalue weighted by Crippen LogP contribution is -2.11. The van der Waals surface area contributed by atoms with Gasteiger partial charge in [-0.1, -0.05) is 42.5 Å². The standard InChI is InChI=1S/C25H18Br2N2O3/c1-32-22-13-20(26)23(27)19(24(22)30)14-28-17-9-4-8-16(12-17)25(31)29-21-11-5-7-15-6-2-3-10-18(15)21/h2-14,30H,1H3,(H,29,31). The number of halogens is 2. The number of carbonyl (C=O) groups is 1. The monoisotopic (exact) mass is 552 g/mol. The zero-order chi connectivity index (χ0) is 22.7. The molecule has 0 atom stereocenters. The molecule has 0 saturated heterocycles. The maximum atomic E-state index is 12.9. The summed E-state index contributed by atoms with van der Waals surface area (Å²) in [5, 5.41) is 15.4. The van der Waals surface area contributed by atoms with Crippen LogP contribution in [0, 0.1) is 0 Å². The Bertz CT molecular complexity index is 1350. The number of carbonyl (C=O) groups excluding carboxylic acids is 1. The highest BCUT2D eigenvalue weighted by Crippen LogP contribution is 2.39. The largest absolute Gasteiger partial charge is 0.504 e. The van der Waals surface area contributed by atoms with E-state index < -0.39 is 0 Å². The van der Waals surface area contributed by atoms with Crippen molar-refractivity contribution in [1.82, 2.24) is 0 Å². The third-order valence-corrected chi connectivity index (χ3v) is 6.91. The number of aromatic hydroxyl groups is 1. The Labute approximate surface area is 202 Å². The number of methoxy groups -OCH3 is 1. The number of fused-ring (bicyclic) bond motifs is 1. The van der Waals surface area contributed by atoms with Crippen LogP contribution in [0.3, 0.4) is 0 Å². The van der Waals surface area contributed by atoms with Crippen LogP contribution in [0.4, 0.5) is 11.4 Å². The first-order chi connectivity index (χ1) is 15.5. The Hall–Kier alpha value is -3.16. The number of phenols is 1. The van der Waals surface area contributed by atoms with E-state index in [2.05, 4.69) is 42.2 Å². The molecule has 0 aliphatic rings. The average molecular weight is 554 g/mol. The van der Waals surface area contributed by atoms with Crippen LogP contribution in [-0.2, 0) is 0 Å². The van der Waals surface area contributed by atoms with Crippen LogP contribution in [0.25, 0.3) is 10.8 Å². The van der Waals surface area contributed by atoms with E-state index in [-0.39, 0.29) is 11.7 Å². The molecule has 0 fully saturated rings. The van der Waals surface area contributed by atoms with E-state index in [1.165, 1.54) is 13.3 Å². The van der Waals surface area contributed by atoms with Gasteiger partial charge in [0.25, 0.3) is 5.91 Å². The van der Waals surface area contributed by atoms with E-state index in [1.807, 2.05) is 42.5 Å². The molecule has 0 saturated carbocycles. The predicted octanol–water partition coefficient (Wildman–Crippen LogP) is 7.08. The molecular formula is C25H18Br2N2O3. The molecule has 4 aromatic carbocycles. The topological polar surface area (TPSA) is 70.9 Å². The maximum Gasteiger partial charge on any atom is 0.255 e. The minimum Gasteiger partial charge on any atom is -0.504 e. The molecule has 0 aliphatic carbocycles. The third-order valence-electron chi connectivity index (χ3n) is 4.90. The molecule has 0 aliphatic heterocycles. The summed E-state index contributed by atoms with van der Waals surface area (Å²) >= 11 is 6.87. The molecule has 7 heteroatoms. The van der Waals surface area contributed by atoms with Gasteiger partial charge in [0.1, 0.15) is 0 Å². The van der Waals surface area contributed by atoms with Gasteiger partial charge in [0.05, 0.1) is 18.4 Å². The first-order valence-corrected chi connectivity index (χ1v) is 11.2. The Morgan fingerprint density at radius 3 is 2.59 bits per heavy atom. The van der Waals surface area contributed by atoms with Gasteiger partial charge in [-0.15, -0.1) is 0 Å². The van der Waals surface area contributed by atoms with Crippen LogP contribution in [0.5, 0.6) is 11.5 Å². The molecule has 32 heavy (non-hydrogen) atoms.